The smallest absolute Gasteiger partial charge is 0.259 e. The topological polar surface area (TPSA) is 96.2 Å². The molecule has 0 saturated carbocycles. The standard InChI is InChI=1S/C14H21N5O2S/c1-3-4-5-6-15-14(9-19(20)21)16-7-8-22-10-13-12(2)17-11-18-13/h1,11H,4-10H2,2H3,(H,15,16)(H,17,18). The Kier molecular flexibility index (Phi) is 8.76. The van der Waals surface area contributed by atoms with Gasteiger partial charge >= 0.3 is 0 Å². The maximum atomic E-state index is 10.6. The first kappa shape index (κ1) is 18.0. The highest BCUT2D eigenvalue weighted by molar-refractivity contribution is 7.98. The number of aromatic amines is 1. The molecule has 0 aliphatic rings. The third-order valence-electron chi connectivity index (χ3n) is 2.81. The van der Waals surface area contributed by atoms with Gasteiger partial charge in [-0.1, -0.05) is 0 Å². The lowest BCUT2D eigenvalue weighted by molar-refractivity contribution is -0.463. The van der Waals surface area contributed by atoms with Gasteiger partial charge in [0.1, 0.15) is 0 Å². The summed E-state index contributed by atoms with van der Waals surface area (Å²) in [6, 6.07) is 0. The Morgan fingerprint density at radius 2 is 2.50 bits per heavy atom. The molecule has 8 heteroatoms. The number of hydrogen-bond donors (Lipinski definition) is 2. The van der Waals surface area contributed by atoms with E-state index in [1.54, 1.807) is 18.1 Å². The molecule has 0 saturated heterocycles. The van der Waals surface area contributed by atoms with E-state index < -0.39 is 0 Å². The SMILES string of the molecule is C#CCCCN=C(C[N+](=O)[O-])NCCSCc1nc[nH]c1C. The van der Waals surface area contributed by atoms with Gasteiger partial charge in [-0.25, -0.2) is 4.98 Å². The molecule has 0 aliphatic carbocycles. The Labute approximate surface area is 134 Å². The summed E-state index contributed by atoms with van der Waals surface area (Å²) >= 11 is 1.72. The van der Waals surface area contributed by atoms with Crippen LogP contribution in [0.4, 0.5) is 0 Å². The van der Waals surface area contributed by atoms with E-state index in [4.69, 9.17) is 6.42 Å². The molecule has 7 nitrogen and oxygen atoms in total. The number of nitrogens with zero attached hydrogens (tertiary/aromatic N) is 3. The molecule has 0 aromatic carbocycles. The van der Waals surface area contributed by atoms with Gasteiger partial charge < -0.3 is 10.3 Å². The van der Waals surface area contributed by atoms with Gasteiger partial charge in [0.25, 0.3) is 6.54 Å². The summed E-state index contributed by atoms with van der Waals surface area (Å²) in [5.74, 6) is 4.59. The number of hydrogen-bond acceptors (Lipinski definition) is 5. The maximum Gasteiger partial charge on any atom is 0.259 e. The summed E-state index contributed by atoms with van der Waals surface area (Å²) in [4.78, 5) is 21.7. The second kappa shape index (κ2) is 10.7. The number of terminal acetylenes is 1. The number of aliphatic imine (C=N–C) groups is 1. The van der Waals surface area contributed by atoms with Crippen molar-refractivity contribution in [2.75, 3.05) is 25.4 Å². The predicted molar refractivity (Wildman–Crippen MR) is 89.7 cm³/mol. The van der Waals surface area contributed by atoms with Gasteiger partial charge in [-0.15, -0.1) is 12.3 Å². The van der Waals surface area contributed by atoms with Crippen LogP contribution in [0, 0.1) is 29.4 Å². The quantitative estimate of drug-likeness (QED) is 0.170. The van der Waals surface area contributed by atoms with Crippen molar-refractivity contribution in [1.29, 1.82) is 0 Å². The second-order valence-electron chi connectivity index (χ2n) is 4.58. The van der Waals surface area contributed by atoms with Crippen molar-refractivity contribution in [3.8, 4) is 12.3 Å². The van der Waals surface area contributed by atoms with Crippen molar-refractivity contribution < 1.29 is 4.92 Å². The lowest BCUT2D eigenvalue weighted by Gasteiger charge is -2.06. The number of unbranched alkanes of at least 4 members (excludes halogenated alkanes) is 1. The van der Waals surface area contributed by atoms with Crippen molar-refractivity contribution in [3.63, 3.8) is 0 Å². The van der Waals surface area contributed by atoms with Crippen LogP contribution in [0.15, 0.2) is 11.3 Å². The summed E-state index contributed by atoms with van der Waals surface area (Å²) in [5.41, 5.74) is 2.11. The molecule has 0 fully saturated rings. The zero-order valence-electron chi connectivity index (χ0n) is 12.7. The monoisotopic (exact) mass is 323 g/mol. The molecule has 1 aromatic heterocycles. The Hall–Kier alpha value is -2.01. The number of aromatic nitrogens is 2. The number of rotatable bonds is 10. The van der Waals surface area contributed by atoms with Gasteiger partial charge in [0.2, 0.25) is 0 Å². The van der Waals surface area contributed by atoms with E-state index in [1.165, 1.54) is 0 Å². The summed E-state index contributed by atoms with van der Waals surface area (Å²) in [6.45, 7) is 2.86. The zero-order valence-corrected chi connectivity index (χ0v) is 13.5. The summed E-state index contributed by atoms with van der Waals surface area (Å²) < 4.78 is 0. The molecular formula is C14H21N5O2S. The minimum Gasteiger partial charge on any atom is -0.368 e. The summed E-state index contributed by atoms with van der Waals surface area (Å²) in [7, 11) is 0. The van der Waals surface area contributed by atoms with E-state index >= 15 is 0 Å². The molecule has 0 unspecified atom stereocenters. The maximum absolute atomic E-state index is 10.6. The molecule has 0 aliphatic heterocycles. The Bertz CT molecular complexity index is 536. The van der Waals surface area contributed by atoms with Crippen LogP contribution >= 0.6 is 11.8 Å². The minimum absolute atomic E-state index is 0.279. The van der Waals surface area contributed by atoms with Gasteiger partial charge in [-0.2, -0.15) is 11.8 Å². The normalized spacial score (nSPS) is 11.2. The van der Waals surface area contributed by atoms with Gasteiger partial charge in [0, 0.05) is 41.6 Å². The van der Waals surface area contributed by atoms with E-state index in [0.29, 0.717) is 25.3 Å². The molecule has 0 spiro atoms. The van der Waals surface area contributed by atoms with Gasteiger partial charge in [-0.05, 0) is 13.3 Å². The van der Waals surface area contributed by atoms with Gasteiger partial charge in [0.05, 0.1) is 12.0 Å². The fourth-order valence-electron chi connectivity index (χ4n) is 1.65. The third kappa shape index (κ3) is 7.69. The average Bonchev–Trinajstić information content (AvgIpc) is 2.88. The lowest BCUT2D eigenvalue weighted by atomic mass is 10.3. The number of aryl methyl sites for hydroxylation is 1. The number of thioether (sulfide) groups is 1. The highest BCUT2D eigenvalue weighted by Crippen LogP contribution is 2.11. The highest BCUT2D eigenvalue weighted by atomic mass is 32.2. The summed E-state index contributed by atoms with van der Waals surface area (Å²) in [5, 5.41) is 13.6. The molecule has 0 atom stereocenters. The van der Waals surface area contributed by atoms with Crippen LogP contribution < -0.4 is 5.32 Å². The number of imidazole rings is 1. The molecule has 0 amide bonds. The van der Waals surface area contributed by atoms with Crippen LogP contribution in [0.3, 0.4) is 0 Å². The third-order valence-corrected chi connectivity index (χ3v) is 3.78. The van der Waals surface area contributed by atoms with E-state index in [0.717, 1.165) is 29.3 Å². The van der Waals surface area contributed by atoms with Gasteiger partial charge in [-0.3, -0.25) is 15.1 Å². The molecule has 2 N–H and O–H groups in total. The first-order chi connectivity index (χ1) is 10.6. The van der Waals surface area contributed by atoms with Crippen LogP contribution in [0.1, 0.15) is 24.2 Å². The predicted octanol–water partition coefficient (Wildman–Crippen LogP) is 1.63. The largest absolute Gasteiger partial charge is 0.368 e. The molecule has 1 rings (SSSR count). The summed E-state index contributed by atoms with van der Waals surface area (Å²) in [6.07, 6.45) is 8.22. The number of H-pyrrole nitrogens is 1. The highest BCUT2D eigenvalue weighted by Gasteiger charge is 2.07. The van der Waals surface area contributed by atoms with E-state index in [9.17, 15) is 10.1 Å². The Morgan fingerprint density at radius 1 is 1.68 bits per heavy atom. The van der Waals surface area contributed by atoms with Crippen LogP contribution in [0.5, 0.6) is 0 Å². The van der Waals surface area contributed by atoms with Crippen molar-refractivity contribution in [2.45, 2.75) is 25.5 Å². The fraction of sp³-hybridized carbons (Fsp3) is 0.571. The van der Waals surface area contributed by atoms with E-state index in [1.807, 2.05) is 6.92 Å². The first-order valence-corrected chi connectivity index (χ1v) is 8.18. The molecule has 120 valence electrons. The van der Waals surface area contributed by atoms with Crippen molar-refractivity contribution >= 4 is 17.6 Å². The molecule has 1 heterocycles. The lowest BCUT2D eigenvalue weighted by Crippen LogP contribution is -2.32. The number of nitrogens with one attached hydrogen (secondary N) is 2. The van der Waals surface area contributed by atoms with Crippen LogP contribution in [-0.2, 0) is 5.75 Å². The Balaban J connectivity index is 2.26. The molecular weight excluding hydrogens is 302 g/mol. The number of nitro groups is 1. The van der Waals surface area contributed by atoms with Crippen LogP contribution in [-0.4, -0.2) is 46.1 Å². The molecule has 22 heavy (non-hydrogen) atoms. The van der Waals surface area contributed by atoms with Crippen molar-refractivity contribution in [2.24, 2.45) is 4.99 Å². The van der Waals surface area contributed by atoms with Crippen molar-refractivity contribution in [1.82, 2.24) is 15.3 Å². The Morgan fingerprint density at radius 3 is 3.14 bits per heavy atom. The van der Waals surface area contributed by atoms with Crippen molar-refractivity contribution in [3.05, 3.63) is 27.8 Å². The van der Waals surface area contributed by atoms with E-state index in [2.05, 4.69) is 26.2 Å². The molecule has 1 aromatic rings. The zero-order chi connectivity index (χ0) is 16.2. The first-order valence-electron chi connectivity index (χ1n) is 7.02. The van der Waals surface area contributed by atoms with Crippen LogP contribution in [0.2, 0.25) is 0 Å². The minimum atomic E-state index is -0.382. The van der Waals surface area contributed by atoms with Crippen LogP contribution in [0.25, 0.3) is 0 Å². The van der Waals surface area contributed by atoms with Gasteiger partial charge in [0.15, 0.2) is 5.84 Å². The second-order valence-corrected chi connectivity index (χ2v) is 5.69. The molecule has 0 radical (unpaired) electrons. The average molecular weight is 323 g/mol. The molecule has 0 bridgehead atoms. The fourth-order valence-corrected chi connectivity index (χ4v) is 2.52. The number of amidine groups is 1. The van der Waals surface area contributed by atoms with E-state index in [-0.39, 0.29) is 11.5 Å².